The number of rotatable bonds is 4. The predicted molar refractivity (Wildman–Crippen MR) is 84.3 cm³/mol. The standard InChI is InChI=1S/C16H27N5O/c1-12-17-16(20-19-12)14-9-6-10-21(14)11-15(22)18-13-7-4-2-3-5-8-13/h13-14H,2-11H2,1H3,(H,18,22)(H,17,19,20)/t14-/m1/s1. The van der Waals surface area contributed by atoms with Gasteiger partial charge >= 0.3 is 0 Å². The Morgan fingerprint density at radius 3 is 2.68 bits per heavy atom. The molecule has 1 aromatic rings. The minimum Gasteiger partial charge on any atom is -0.352 e. The highest BCUT2D eigenvalue weighted by molar-refractivity contribution is 5.78. The van der Waals surface area contributed by atoms with Gasteiger partial charge in [-0.05, 0) is 39.2 Å². The molecule has 22 heavy (non-hydrogen) atoms. The molecular weight excluding hydrogens is 278 g/mol. The van der Waals surface area contributed by atoms with Gasteiger partial charge in [0.25, 0.3) is 0 Å². The van der Waals surface area contributed by atoms with Crippen molar-refractivity contribution in [3.05, 3.63) is 11.6 Å². The maximum atomic E-state index is 12.4. The topological polar surface area (TPSA) is 73.9 Å². The minimum absolute atomic E-state index is 0.158. The van der Waals surface area contributed by atoms with Gasteiger partial charge in [-0.2, -0.15) is 5.10 Å². The summed E-state index contributed by atoms with van der Waals surface area (Å²) in [6.45, 7) is 3.33. The minimum atomic E-state index is 0.158. The van der Waals surface area contributed by atoms with Crippen LogP contribution >= 0.6 is 0 Å². The van der Waals surface area contributed by atoms with Gasteiger partial charge in [0, 0.05) is 6.04 Å². The smallest absolute Gasteiger partial charge is 0.234 e. The molecule has 6 heteroatoms. The average molecular weight is 305 g/mol. The van der Waals surface area contributed by atoms with E-state index in [1.54, 1.807) is 0 Å². The van der Waals surface area contributed by atoms with E-state index < -0.39 is 0 Å². The van der Waals surface area contributed by atoms with Crippen molar-refractivity contribution in [1.29, 1.82) is 0 Å². The van der Waals surface area contributed by atoms with Crippen LogP contribution in [-0.4, -0.2) is 45.1 Å². The lowest BCUT2D eigenvalue weighted by Gasteiger charge is -2.23. The summed E-state index contributed by atoms with van der Waals surface area (Å²) in [5, 5.41) is 10.4. The van der Waals surface area contributed by atoms with Crippen molar-refractivity contribution in [2.75, 3.05) is 13.1 Å². The fourth-order valence-corrected chi connectivity index (χ4v) is 3.70. The summed E-state index contributed by atoms with van der Waals surface area (Å²) in [4.78, 5) is 19.0. The number of carbonyl (C=O) groups excluding carboxylic acids is 1. The molecule has 2 heterocycles. The second-order valence-corrected chi connectivity index (χ2v) is 6.66. The number of aromatic amines is 1. The lowest BCUT2D eigenvalue weighted by molar-refractivity contribution is -0.123. The van der Waals surface area contributed by atoms with Crippen LogP contribution < -0.4 is 5.32 Å². The van der Waals surface area contributed by atoms with Gasteiger partial charge in [0.1, 0.15) is 5.82 Å². The Morgan fingerprint density at radius 2 is 2.00 bits per heavy atom. The Kier molecular flexibility index (Phi) is 5.08. The molecule has 122 valence electrons. The Bertz CT molecular complexity index is 492. The van der Waals surface area contributed by atoms with Gasteiger partial charge in [0.2, 0.25) is 5.91 Å². The quantitative estimate of drug-likeness (QED) is 0.835. The van der Waals surface area contributed by atoms with Crippen LogP contribution in [0.3, 0.4) is 0 Å². The lowest BCUT2D eigenvalue weighted by atomic mass is 10.1. The van der Waals surface area contributed by atoms with Gasteiger partial charge in [-0.25, -0.2) is 4.98 Å². The summed E-state index contributed by atoms with van der Waals surface area (Å²) < 4.78 is 0. The summed E-state index contributed by atoms with van der Waals surface area (Å²) in [7, 11) is 0. The molecular formula is C16H27N5O. The molecule has 3 rings (SSSR count). The van der Waals surface area contributed by atoms with E-state index >= 15 is 0 Å². The van der Waals surface area contributed by atoms with Crippen LogP contribution in [-0.2, 0) is 4.79 Å². The van der Waals surface area contributed by atoms with Crippen molar-refractivity contribution in [3.63, 3.8) is 0 Å². The number of amides is 1. The van der Waals surface area contributed by atoms with Crippen LogP contribution in [0.5, 0.6) is 0 Å². The third-order valence-corrected chi connectivity index (χ3v) is 4.84. The number of H-pyrrole nitrogens is 1. The third-order valence-electron chi connectivity index (χ3n) is 4.84. The number of hydrogen-bond acceptors (Lipinski definition) is 4. The van der Waals surface area contributed by atoms with E-state index in [1.165, 1.54) is 25.7 Å². The predicted octanol–water partition coefficient (Wildman–Crippen LogP) is 2.09. The second-order valence-electron chi connectivity index (χ2n) is 6.66. The maximum absolute atomic E-state index is 12.4. The van der Waals surface area contributed by atoms with Crippen molar-refractivity contribution >= 4 is 5.91 Å². The van der Waals surface area contributed by atoms with Crippen LogP contribution in [0.15, 0.2) is 0 Å². The summed E-state index contributed by atoms with van der Waals surface area (Å²) in [5.74, 6) is 1.83. The van der Waals surface area contributed by atoms with Gasteiger partial charge in [-0.15, -0.1) is 0 Å². The number of nitrogens with one attached hydrogen (secondary N) is 2. The van der Waals surface area contributed by atoms with E-state index in [4.69, 9.17) is 0 Å². The van der Waals surface area contributed by atoms with E-state index in [2.05, 4.69) is 25.4 Å². The summed E-state index contributed by atoms with van der Waals surface area (Å²) in [6.07, 6.45) is 9.52. The Labute approximate surface area is 132 Å². The Hall–Kier alpha value is -1.43. The normalized spacial score (nSPS) is 24.3. The van der Waals surface area contributed by atoms with Crippen LogP contribution in [0.2, 0.25) is 0 Å². The van der Waals surface area contributed by atoms with Crippen LogP contribution in [0, 0.1) is 6.92 Å². The average Bonchev–Trinajstić information content (AvgIpc) is 3.03. The molecule has 1 saturated heterocycles. The van der Waals surface area contributed by atoms with Crippen molar-refractivity contribution < 1.29 is 4.79 Å². The third kappa shape index (κ3) is 3.85. The SMILES string of the molecule is Cc1nc([C@H]2CCCN2CC(=O)NC2CCCCCC2)n[nH]1. The van der Waals surface area contributed by atoms with E-state index in [9.17, 15) is 4.79 Å². The van der Waals surface area contributed by atoms with Crippen molar-refractivity contribution in [2.24, 2.45) is 0 Å². The van der Waals surface area contributed by atoms with Crippen LogP contribution in [0.25, 0.3) is 0 Å². The van der Waals surface area contributed by atoms with E-state index in [1.807, 2.05) is 6.92 Å². The first-order valence-corrected chi connectivity index (χ1v) is 8.64. The fourth-order valence-electron chi connectivity index (χ4n) is 3.70. The molecule has 1 amide bonds. The van der Waals surface area contributed by atoms with Gasteiger partial charge in [-0.3, -0.25) is 14.8 Å². The van der Waals surface area contributed by atoms with Crippen molar-refractivity contribution in [3.8, 4) is 0 Å². The highest BCUT2D eigenvalue weighted by atomic mass is 16.2. The van der Waals surface area contributed by atoms with E-state index in [0.29, 0.717) is 12.6 Å². The van der Waals surface area contributed by atoms with Crippen molar-refractivity contribution in [1.82, 2.24) is 25.4 Å². The summed E-state index contributed by atoms with van der Waals surface area (Å²) in [5.41, 5.74) is 0. The van der Waals surface area contributed by atoms with Gasteiger partial charge in [-0.1, -0.05) is 25.7 Å². The second kappa shape index (κ2) is 7.22. The zero-order valence-electron chi connectivity index (χ0n) is 13.5. The highest BCUT2D eigenvalue weighted by Crippen LogP contribution is 2.29. The number of likely N-dealkylation sites (tertiary alicyclic amines) is 1. The van der Waals surface area contributed by atoms with Gasteiger partial charge in [0.05, 0.1) is 12.6 Å². The molecule has 1 aromatic heterocycles. The molecule has 0 bridgehead atoms. The molecule has 1 aliphatic heterocycles. The molecule has 0 aromatic carbocycles. The van der Waals surface area contributed by atoms with Crippen LogP contribution in [0.4, 0.5) is 0 Å². The van der Waals surface area contributed by atoms with E-state index in [0.717, 1.165) is 43.9 Å². The Morgan fingerprint density at radius 1 is 1.23 bits per heavy atom. The molecule has 1 aliphatic carbocycles. The first kappa shape index (κ1) is 15.5. The Balaban J connectivity index is 1.53. The zero-order valence-corrected chi connectivity index (χ0v) is 13.5. The summed E-state index contributed by atoms with van der Waals surface area (Å²) >= 11 is 0. The number of hydrogen-bond donors (Lipinski definition) is 2. The molecule has 0 unspecified atom stereocenters. The lowest BCUT2D eigenvalue weighted by Crippen LogP contribution is -2.42. The molecule has 2 N–H and O–H groups in total. The number of carbonyl (C=O) groups is 1. The first-order chi connectivity index (χ1) is 10.7. The number of nitrogens with zero attached hydrogens (tertiary/aromatic N) is 3. The molecule has 1 saturated carbocycles. The monoisotopic (exact) mass is 305 g/mol. The number of aryl methyl sites for hydroxylation is 1. The fraction of sp³-hybridized carbons (Fsp3) is 0.812. The first-order valence-electron chi connectivity index (χ1n) is 8.64. The maximum Gasteiger partial charge on any atom is 0.234 e. The molecule has 6 nitrogen and oxygen atoms in total. The van der Waals surface area contributed by atoms with Gasteiger partial charge in [0.15, 0.2) is 5.82 Å². The van der Waals surface area contributed by atoms with Crippen molar-refractivity contribution in [2.45, 2.75) is 70.4 Å². The number of aromatic nitrogens is 3. The molecule has 2 aliphatic rings. The highest BCUT2D eigenvalue weighted by Gasteiger charge is 2.30. The van der Waals surface area contributed by atoms with Crippen LogP contribution in [0.1, 0.15) is 69.1 Å². The molecule has 0 radical (unpaired) electrons. The molecule has 2 fully saturated rings. The molecule has 0 spiro atoms. The largest absolute Gasteiger partial charge is 0.352 e. The molecule has 1 atom stereocenters. The zero-order chi connectivity index (χ0) is 15.4. The van der Waals surface area contributed by atoms with Gasteiger partial charge < -0.3 is 5.32 Å². The summed E-state index contributed by atoms with van der Waals surface area (Å²) in [6, 6.07) is 0.562. The van der Waals surface area contributed by atoms with E-state index in [-0.39, 0.29) is 11.9 Å².